The lowest BCUT2D eigenvalue weighted by Crippen LogP contribution is -2.38. The number of ether oxygens (including phenoxy) is 1. The number of piperidine rings is 1. The summed E-state index contributed by atoms with van der Waals surface area (Å²) in [5, 5.41) is 3.84. The van der Waals surface area contributed by atoms with Crippen molar-refractivity contribution in [2.45, 2.75) is 32.2 Å². The molecule has 116 valence electrons. The highest BCUT2D eigenvalue weighted by Crippen LogP contribution is 2.27. The fourth-order valence-corrected chi connectivity index (χ4v) is 2.74. The van der Waals surface area contributed by atoms with Gasteiger partial charge in [-0.1, -0.05) is 17.3 Å². The van der Waals surface area contributed by atoms with Gasteiger partial charge in [-0.05, 0) is 31.0 Å². The molecule has 1 aliphatic rings. The molecule has 6 heteroatoms. The highest BCUT2D eigenvalue weighted by atomic mass is 16.5. The third kappa shape index (κ3) is 3.10. The van der Waals surface area contributed by atoms with Crippen molar-refractivity contribution in [2.24, 2.45) is 0 Å². The van der Waals surface area contributed by atoms with Crippen LogP contribution in [0, 0.1) is 6.92 Å². The average molecular weight is 301 g/mol. The normalized spacial score (nSPS) is 18.5. The molecule has 0 bridgehead atoms. The van der Waals surface area contributed by atoms with E-state index in [1.807, 2.05) is 29.2 Å². The molecule has 22 heavy (non-hydrogen) atoms. The molecule has 0 N–H and O–H groups in total. The molecule has 1 aromatic heterocycles. The van der Waals surface area contributed by atoms with E-state index < -0.39 is 0 Å². The Labute approximate surface area is 129 Å². The third-order valence-electron chi connectivity index (χ3n) is 3.90. The van der Waals surface area contributed by atoms with Crippen LogP contribution < -0.4 is 4.74 Å². The molecule has 1 atom stereocenters. The van der Waals surface area contributed by atoms with Gasteiger partial charge in [0, 0.05) is 19.5 Å². The second-order valence-electron chi connectivity index (χ2n) is 5.54. The van der Waals surface area contributed by atoms with Gasteiger partial charge in [0.2, 0.25) is 11.8 Å². The van der Waals surface area contributed by atoms with Gasteiger partial charge in [-0.15, -0.1) is 0 Å². The van der Waals surface area contributed by atoms with E-state index in [0.717, 1.165) is 17.7 Å². The molecule has 1 saturated heterocycles. The van der Waals surface area contributed by atoms with Crippen molar-refractivity contribution in [3.05, 3.63) is 41.5 Å². The summed E-state index contributed by atoms with van der Waals surface area (Å²) in [5.41, 5.74) is 1.05. The van der Waals surface area contributed by atoms with Gasteiger partial charge in [-0.3, -0.25) is 4.79 Å². The first-order chi connectivity index (χ1) is 10.7. The largest absolute Gasteiger partial charge is 0.497 e. The Hall–Kier alpha value is -2.37. The number of hydrogen-bond acceptors (Lipinski definition) is 5. The van der Waals surface area contributed by atoms with Gasteiger partial charge >= 0.3 is 0 Å². The molecule has 0 radical (unpaired) electrons. The molecular weight excluding hydrogens is 282 g/mol. The molecule has 3 rings (SSSR count). The zero-order chi connectivity index (χ0) is 15.5. The van der Waals surface area contributed by atoms with E-state index in [1.165, 1.54) is 0 Å². The van der Waals surface area contributed by atoms with E-state index >= 15 is 0 Å². The van der Waals surface area contributed by atoms with Crippen LogP contribution in [0.2, 0.25) is 0 Å². The van der Waals surface area contributed by atoms with Crippen LogP contribution in [0.1, 0.15) is 36.0 Å². The molecule has 1 amide bonds. The van der Waals surface area contributed by atoms with Crippen molar-refractivity contribution >= 4 is 5.91 Å². The van der Waals surface area contributed by atoms with E-state index in [-0.39, 0.29) is 11.8 Å². The molecule has 2 heterocycles. The Balaban J connectivity index is 1.72. The summed E-state index contributed by atoms with van der Waals surface area (Å²) in [6, 6.07) is 7.77. The predicted molar refractivity (Wildman–Crippen MR) is 79.4 cm³/mol. The van der Waals surface area contributed by atoms with E-state index in [9.17, 15) is 4.79 Å². The Bertz CT molecular complexity index is 668. The first kappa shape index (κ1) is 14.6. The summed E-state index contributed by atoms with van der Waals surface area (Å²) < 4.78 is 10.5. The molecule has 2 aromatic rings. The second-order valence-corrected chi connectivity index (χ2v) is 5.54. The Morgan fingerprint density at radius 2 is 2.32 bits per heavy atom. The van der Waals surface area contributed by atoms with Crippen LogP contribution in [-0.4, -0.2) is 34.6 Å². The molecule has 0 spiro atoms. The minimum absolute atomic E-state index is 0.115. The third-order valence-corrected chi connectivity index (χ3v) is 3.90. The molecule has 0 saturated carbocycles. The summed E-state index contributed by atoms with van der Waals surface area (Å²) in [7, 11) is 1.64. The van der Waals surface area contributed by atoms with Crippen LogP contribution in [-0.2, 0) is 11.3 Å². The Morgan fingerprint density at radius 1 is 1.45 bits per heavy atom. The SMILES string of the molecule is COc1cccc(CN2C[C@H](c3nc(C)no3)CCC2=O)c1. The Kier molecular flexibility index (Phi) is 4.09. The molecule has 0 aliphatic carbocycles. The number of hydrogen-bond donors (Lipinski definition) is 0. The number of carbonyl (C=O) groups excluding carboxylic acids is 1. The van der Waals surface area contributed by atoms with Gasteiger partial charge in [-0.2, -0.15) is 4.98 Å². The topological polar surface area (TPSA) is 68.5 Å². The molecular formula is C16H19N3O3. The van der Waals surface area contributed by atoms with E-state index in [4.69, 9.17) is 9.26 Å². The van der Waals surface area contributed by atoms with Gasteiger partial charge in [-0.25, -0.2) is 0 Å². The quantitative estimate of drug-likeness (QED) is 0.866. The Morgan fingerprint density at radius 3 is 3.05 bits per heavy atom. The maximum atomic E-state index is 12.2. The first-order valence-corrected chi connectivity index (χ1v) is 7.36. The number of amides is 1. The number of carbonyl (C=O) groups is 1. The first-order valence-electron chi connectivity index (χ1n) is 7.36. The van der Waals surface area contributed by atoms with Crippen molar-refractivity contribution < 1.29 is 14.1 Å². The van der Waals surface area contributed by atoms with E-state index in [2.05, 4.69) is 10.1 Å². The maximum absolute atomic E-state index is 12.2. The predicted octanol–water partition coefficient (Wildman–Crippen LogP) is 2.29. The molecule has 0 unspecified atom stereocenters. The second kappa shape index (κ2) is 6.17. The van der Waals surface area contributed by atoms with Crippen LogP contribution in [0.15, 0.2) is 28.8 Å². The molecule has 1 aromatic carbocycles. The molecule has 1 aliphatic heterocycles. The lowest BCUT2D eigenvalue weighted by molar-refractivity contribution is -0.134. The lowest BCUT2D eigenvalue weighted by Gasteiger charge is -2.31. The van der Waals surface area contributed by atoms with Crippen LogP contribution >= 0.6 is 0 Å². The van der Waals surface area contributed by atoms with E-state index in [1.54, 1.807) is 14.0 Å². The average Bonchev–Trinajstić information content (AvgIpc) is 2.96. The molecule has 6 nitrogen and oxygen atoms in total. The number of methoxy groups -OCH3 is 1. The summed E-state index contributed by atoms with van der Waals surface area (Å²) in [6.07, 6.45) is 1.27. The van der Waals surface area contributed by atoms with Crippen molar-refractivity contribution in [3.8, 4) is 5.75 Å². The lowest BCUT2D eigenvalue weighted by atomic mass is 9.97. The van der Waals surface area contributed by atoms with Crippen LogP contribution in [0.25, 0.3) is 0 Å². The van der Waals surface area contributed by atoms with Gasteiger partial charge in [0.25, 0.3) is 0 Å². The van der Waals surface area contributed by atoms with Gasteiger partial charge in [0.05, 0.1) is 13.0 Å². The van der Waals surface area contributed by atoms with Crippen LogP contribution in [0.4, 0.5) is 0 Å². The number of benzene rings is 1. The highest BCUT2D eigenvalue weighted by Gasteiger charge is 2.30. The summed E-state index contributed by atoms with van der Waals surface area (Å²) in [6.45, 7) is 2.98. The highest BCUT2D eigenvalue weighted by molar-refractivity contribution is 5.77. The minimum Gasteiger partial charge on any atom is -0.497 e. The number of aryl methyl sites for hydroxylation is 1. The monoisotopic (exact) mass is 301 g/mol. The number of aromatic nitrogens is 2. The number of nitrogens with zero attached hydrogens (tertiary/aromatic N) is 3. The number of rotatable bonds is 4. The van der Waals surface area contributed by atoms with Crippen LogP contribution in [0.5, 0.6) is 5.75 Å². The smallest absolute Gasteiger partial charge is 0.231 e. The van der Waals surface area contributed by atoms with Gasteiger partial charge in [0.1, 0.15) is 5.75 Å². The van der Waals surface area contributed by atoms with Gasteiger partial charge < -0.3 is 14.2 Å². The summed E-state index contributed by atoms with van der Waals surface area (Å²) in [5.74, 6) is 2.33. The maximum Gasteiger partial charge on any atom is 0.231 e. The van der Waals surface area contributed by atoms with Gasteiger partial charge in [0.15, 0.2) is 5.82 Å². The minimum atomic E-state index is 0.115. The zero-order valence-electron chi connectivity index (χ0n) is 12.8. The van der Waals surface area contributed by atoms with Crippen molar-refractivity contribution in [2.75, 3.05) is 13.7 Å². The zero-order valence-corrected chi connectivity index (χ0v) is 12.8. The fraction of sp³-hybridized carbons (Fsp3) is 0.438. The molecule has 1 fully saturated rings. The van der Waals surface area contributed by atoms with E-state index in [0.29, 0.717) is 31.2 Å². The standard InChI is InChI=1S/C16H19N3O3/c1-11-17-16(22-18-11)13-6-7-15(20)19(10-13)9-12-4-3-5-14(8-12)21-2/h3-5,8,13H,6-7,9-10H2,1-2H3/t13-/m1/s1. The summed E-state index contributed by atoms with van der Waals surface area (Å²) >= 11 is 0. The van der Waals surface area contributed by atoms with Crippen molar-refractivity contribution in [3.63, 3.8) is 0 Å². The van der Waals surface area contributed by atoms with Crippen molar-refractivity contribution in [1.29, 1.82) is 0 Å². The number of likely N-dealkylation sites (tertiary alicyclic amines) is 1. The van der Waals surface area contributed by atoms with Crippen molar-refractivity contribution in [1.82, 2.24) is 15.0 Å². The van der Waals surface area contributed by atoms with Crippen LogP contribution in [0.3, 0.4) is 0 Å². The summed E-state index contributed by atoms with van der Waals surface area (Å²) in [4.78, 5) is 18.3. The fourth-order valence-electron chi connectivity index (χ4n) is 2.74.